The van der Waals surface area contributed by atoms with Crippen molar-refractivity contribution in [3.8, 4) is 0 Å². The van der Waals surface area contributed by atoms with E-state index in [4.69, 9.17) is 28.6 Å². The number of nitrogens with one attached hydrogen (secondary N) is 4. The Morgan fingerprint density at radius 1 is 0.750 bits per heavy atom. The Bertz CT molecular complexity index is 2270. The van der Waals surface area contributed by atoms with Crippen molar-refractivity contribution in [2.45, 2.75) is 88.6 Å². The van der Waals surface area contributed by atoms with E-state index in [1.54, 1.807) is 11.0 Å². The number of ether oxygens (including phenoxy) is 3. The van der Waals surface area contributed by atoms with Gasteiger partial charge in [0, 0.05) is 26.3 Å². The number of aliphatic imine (C=N–C) groups is 2. The van der Waals surface area contributed by atoms with Crippen molar-refractivity contribution >= 4 is 57.6 Å². The molecule has 5 aliphatic rings. The summed E-state index contributed by atoms with van der Waals surface area (Å²) in [7, 11) is 2.57. The molecule has 1 aromatic heterocycles. The molecular formula is C43H54N8O9. The first-order chi connectivity index (χ1) is 29.0. The van der Waals surface area contributed by atoms with E-state index in [9.17, 15) is 24.0 Å². The van der Waals surface area contributed by atoms with Crippen molar-refractivity contribution in [3.63, 3.8) is 0 Å². The molecule has 0 aliphatic carbocycles. The van der Waals surface area contributed by atoms with E-state index in [2.05, 4.69) is 21.3 Å². The standard InChI is InChI=1S/C43H54N8O9/c1-23(2)35(48-42(55)57-3)40(53)50-15-5-7-31(50)38-44-21-29(46-38)25-10-12-33-28(19-25)37(52)27-11-9-26(20-34(27)60-33)30-22-45-39(47-30)32-8-6-16-51(32)41(54)36(49-43(56)58-4)24-13-17-59-18-14-24/h9-12,19-20,23-24,29-32,35-36H,5-8,13-18,21-22H2,1-4H3,(H,44,46)(H,45,47)(H,48,55)(H,49,56)/t29?,30?,31-,32-,35-,36-/m0/s1. The Kier molecular flexibility index (Phi) is 12.0. The van der Waals surface area contributed by atoms with E-state index in [1.807, 2.05) is 49.1 Å². The Hall–Kier alpha value is -5.71. The number of alkyl carbamates (subject to hydrolysis) is 2. The number of methoxy groups -OCH3 is 2. The largest absolute Gasteiger partial charge is 0.456 e. The van der Waals surface area contributed by atoms with Crippen LogP contribution in [0, 0.1) is 11.8 Å². The van der Waals surface area contributed by atoms with Gasteiger partial charge in [0.1, 0.15) is 34.9 Å². The van der Waals surface area contributed by atoms with Crippen molar-refractivity contribution in [3.05, 3.63) is 57.7 Å². The molecule has 0 bridgehead atoms. The second kappa shape index (κ2) is 17.5. The van der Waals surface area contributed by atoms with Gasteiger partial charge in [-0.1, -0.05) is 26.0 Å². The highest BCUT2D eigenvalue weighted by molar-refractivity contribution is 5.97. The molecule has 5 aliphatic heterocycles. The highest BCUT2D eigenvalue weighted by Crippen LogP contribution is 2.31. The van der Waals surface area contributed by atoms with Gasteiger partial charge in [0.25, 0.3) is 0 Å². The lowest BCUT2D eigenvalue weighted by atomic mass is 9.90. The molecular weight excluding hydrogens is 773 g/mol. The number of likely N-dealkylation sites (tertiary alicyclic amines) is 2. The van der Waals surface area contributed by atoms with Gasteiger partial charge in [0.2, 0.25) is 17.2 Å². The third-order valence-corrected chi connectivity index (χ3v) is 12.6. The third kappa shape index (κ3) is 8.10. The zero-order chi connectivity index (χ0) is 42.1. The molecule has 17 heteroatoms. The van der Waals surface area contributed by atoms with Crippen molar-refractivity contribution < 1.29 is 37.8 Å². The maximum absolute atomic E-state index is 14.0. The zero-order valence-electron chi connectivity index (χ0n) is 34.5. The minimum absolute atomic E-state index is 0.0523. The molecule has 320 valence electrons. The number of amides is 4. The smallest absolute Gasteiger partial charge is 0.407 e. The van der Waals surface area contributed by atoms with E-state index >= 15 is 0 Å². The van der Waals surface area contributed by atoms with Crippen LogP contribution in [0.5, 0.6) is 0 Å². The normalized spacial score (nSPS) is 24.1. The lowest BCUT2D eigenvalue weighted by molar-refractivity contribution is -0.135. The number of carbonyl (C=O) groups is 4. The molecule has 0 spiro atoms. The van der Waals surface area contributed by atoms with Gasteiger partial charge in [-0.15, -0.1) is 0 Å². The molecule has 3 fully saturated rings. The van der Waals surface area contributed by atoms with Gasteiger partial charge in [-0.2, -0.15) is 0 Å². The quantitative estimate of drug-likeness (QED) is 0.218. The Morgan fingerprint density at radius 3 is 1.95 bits per heavy atom. The van der Waals surface area contributed by atoms with Crippen molar-refractivity contribution in [2.24, 2.45) is 21.8 Å². The van der Waals surface area contributed by atoms with Crippen LogP contribution in [0.1, 0.15) is 75.6 Å². The van der Waals surface area contributed by atoms with Crippen LogP contribution >= 0.6 is 0 Å². The minimum Gasteiger partial charge on any atom is -0.456 e. The fourth-order valence-corrected chi connectivity index (χ4v) is 9.32. The number of rotatable bonds is 10. The molecule has 4 N–H and O–H groups in total. The van der Waals surface area contributed by atoms with Gasteiger partial charge in [0.15, 0.2) is 0 Å². The number of amidine groups is 2. The fraction of sp³-hybridized carbons (Fsp3) is 0.558. The van der Waals surface area contributed by atoms with Crippen LogP contribution in [0.15, 0.2) is 55.6 Å². The predicted molar refractivity (Wildman–Crippen MR) is 223 cm³/mol. The molecule has 2 aromatic carbocycles. The van der Waals surface area contributed by atoms with Crippen molar-refractivity contribution in [1.29, 1.82) is 0 Å². The topological polar surface area (TPSA) is 205 Å². The average molecular weight is 827 g/mol. The lowest BCUT2D eigenvalue weighted by Gasteiger charge is -2.34. The molecule has 6 heterocycles. The minimum atomic E-state index is -0.721. The molecule has 3 aromatic rings. The molecule has 3 saturated heterocycles. The summed E-state index contributed by atoms with van der Waals surface area (Å²) in [4.78, 5) is 79.2. The Morgan fingerprint density at radius 2 is 1.33 bits per heavy atom. The van der Waals surface area contributed by atoms with E-state index < -0.39 is 24.3 Å². The van der Waals surface area contributed by atoms with E-state index in [1.165, 1.54) is 14.2 Å². The Balaban J connectivity index is 0.940. The highest BCUT2D eigenvalue weighted by Gasteiger charge is 2.42. The number of benzene rings is 2. The summed E-state index contributed by atoms with van der Waals surface area (Å²) in [6.07, 6.45) is 3.20. The van der Waals surface area contributed by atoms with Crippen LogP contribution in [0.3, 0.4) is 0 Å². The highest BCUT2D eigenvalue weighted by atomic mass is 16.5. The summed E-state index contributed by atoms with van der Waals surface area (Å²) in [6.45, 7) is 6.88. The first-order valence-electron chi connectivity index (χ1n) is 21.0. The number of nitrogens with zero attached hydrogens (tertiary/aromatic N) is 4. The van der Waals surface area contributed by atoms with Crippen LogP contribution < -0.4 is 26.7 Å². The molecule has 4 amide bonds. The zero-order valence-corrected chi connectivity index (χ0v) is 34.5. The van der Waals surface area contributed by atoms with Gasteiger partial charge in [-0.05, 0) is 85.8 Å². The SMILES string of the molecule is COC(=O)N[C@H](C(=O)N1CCC[C@H]1C1=NCC(c2ccc3oc4cc(C5CN=C([C@@H]6CCCN6C(=O)[C@@H](NC(=O)OC)C6CCOCC6)N5)ccc4c(=O)c3c2)N1)C(C)C. The van der Waals surface area contributed by atoms with Crippen molar-refractivity contribution in [2.75, 3.05) is 53.6 Å². The summed E-state index contributed by atoms with van der Waals surface area (Å²) < 4.78 is 21.5. The van der Waals surface area contributed by atoms with Gasteiger partial charge >= 0.3 is 12.2 Å². The van der Waals surface area contributed by atoms with Crippen LogP contribution in [-0.2, 0) is 23.8 Å². The molecule has 6 atom stereocenters. The number of hydrogen-bond donors (Lipinski definition) is 4. The number of carbonyl (C=O) groups excluding carboxylic acids is 4. The van der Waals surface area contributed by atoms with E-state index in [0.29, 0.717) is 74.2 Å². The van der Waals surface area contributed by atoms with E-state index in [-0.39, 0.29) is 53.2 Å². The van der Waals surface area contributed by atoms with Crippen LogP contribution in [0.2, 0.25) is 0 Å². The molecule has 0 radical (unpaired) electrons. The monoisotopic (exact) mass is 826 g/mol. The number of fused-ring (bicyclic) bond motifs is 2. The maximum Gasteiger partial charge on any atom is 0.407 e. The van der Waals surface area contributed by atoms with E-state index in [0.717, 1.165) is 48.5 Å². The molecule has 0 saturated carbocycles. The molecule has 2 unspecified atom stereocenters. The first-order valence-corrected chi connectivity index (χ1v) is 21.0. The fourth-order valence-electron chi connectivity index (χ4n) is 9.32. The van der Waals surface area contributed by atoms with Crippen LogP contribution in [0.4, 0.5) is 9.59 Å². The average Bonchev–Trinajstić information content (AvgIpc) is 4.11. The van der Waals surface area contributed by atoms with Gasteiger partial charge in [-0.25, -0.2) is 9.59 Å². The van der Waals surface area contributed by atoms with Gasteiger partial charge in [0.05, 0.1) is 62.2 Å². The van der Waals surface area contributed by atoms with Crippen molar-refractivity contribution in [1.82, 2.24) is 31.1 Å². The maximum atomic E-state index is 14.0. The summed E-state index contributed by atoms with van der Waals surface area (Å²) >= 11 is 0. The molecule has 17 nitrogen and oxygen atoms in total. The first kappa shape index (κ1) is 41.0. The van der Waals surface area contributed by atoms with Crippen LogP contribution in [0.25, 0.3) is 21.9 Å². The molecule has 60 heavy (non-hydrogen) atoms. The third-order valence-electron chi connectivity index (χ3n) is 12.6. The van der Waals surface area contributed by atoms with Crippen LogP contribution in [-0.4, -0.2) is 123 Å². The predicted octanol–water partition coefficient (Wildman–Crippen LogP) is 3.55. The Labute approximate surface area is 347 Å². The second-order valence-corrected chi connectivity index (χ2v) is 16.6. The summed E-state index contributed by atoms with van der Waals surface area (Å²) in [5, 5.41) is 13.5. The summed E-state index contributed by atoms with van der Waals surface area (Å²) in [5.41, 5.74) is 2.58. The lowest BCUT2D eigenvalue weighted by Crippen LogP contribution is -2.56. The summed E-state index contributed by atoms with van der Waals surface area (Å²) in [6, 6.07) is 8.91. The van der Waals surface area contributed by atoms with Gasteiger partial charge < -0.3 is 49.7 Å². The summed E-state index contributed by atoms with van der Waals surface area (Å²) in [5.74, 6) is 0.962. The second-order valence-electron chi connectivity index (χ2n) is 16.6. The molecule has 8 rings (SSSR count). The number of hydrogen-bond acceptors (Lipinski definition) is 13. The van der Waals surface area contributed by atoms with Gasteiger partial charge in [-0.3, -0.25) is 24.4 Å².